The summed E-state index contributed by atoms with van der Waals surface area (Å²) in [4.78, 5) is 2.59. The molecule has 2 aliphatic carbocycles. The highest BCUT2D eigenvalue weighted by Gasteiger charge is 2.32. The topological polar surface area (TPSA) is 34.0 Å². The summed E-state index contributed by atoms with van der Waals surface area (Å²) in [5.74, 6) is 4.15. The van der Waals surface area contributed by atoms with Crippen LogP contribution in [0.15, 0.2) is 0 Å². The normalized spacial score (nSPS) is 25.6. The molecule has 0 saturated heterocycles. The van der Waals surface area contributed by atoms with Gasteiger partial charge < -0.3 is 4.57 Å². The molecular formula is C14H22N4. The van der Waals surface area contributed by atoms with Crippen molar-refractivity contribution in [2.75, 3.05) is 13.1 Å². The standard InChI is InChI=1S/C14H22N4/c1-2-4-11(3-1)9-17-7-8-18-13(10-17)15-16-14(18)12-5-6-12/h11-12H,1-10H2. The minimum absolute atomic E-state index is 0.729. The Kier molecular flexibility index (Phi) is 2.64. The van der Waals surface area contributed by atoms with Crippen LogP contribution >= 0.6 is 0 Å². The van der Waals surface area contributed by atoms with Gasteiger partial charge in [0.2, 0.25) is 0 Å². The first-order chi connectivity index (χ1) is 8.90. The van der Waals surface area contributed by atoms with Gasteiger partial charge >= 0.3 is 0 Å². The smallest absolute Gasteiger partial charge is 0.147 e. The highest BCUT2D eigenvalue weighted by atomic mass is 15.3. The lowest BCUT2D eigenvalue weighted by Crippen LogP contribution is -2.37. The number of hydrogen-bond acceptors (Lipinski definition) is 3. The van der Waals surface area contributed by atoms with Gasteiger partial charge in [-0.05, 0) is 31.6 Å². The predicted octanol–water partition coefficient (Wildman–Crippen LogP) is 2.16. The highest BCUT2D eigenvalue weighted by molar-refractivity contribution is 5.09. The zero-order valence-corrected chi connectivity index (χ0v) is 11.0. The van der Waals surface area contributed by atoms with Gasteiger partial charge in [0.1, 0.15) is 11.6 Å². The van der Waals surface area contributed by atoms with Crippen molar-refractivity contribution in [3.8, 4) is 0 Å². The first-order valence-corrected chi connectivity index (χ1v) is 7.54. The molecule has 4 rings (SSSR count). The van der Waals surface area contributed by atoms with Crippen LogP contribution in [0.5, 0.6) is 0 Å². The molecule has 0 unspecified atom stereocenters. The van der Waals surface area contributed by atoms with Crippen LogP contribution in [0.4, 0.5) is 0 Å². The minimum atomic E-state index is 0.729. The molecule has 98 valence electrons. The fraction of sp³-hybridized carbons (Fsp3) is 0.857. The van der Waals surface area contributed by atoms with Crippen molar-refractivity contribution in [1.82, 2.24) is 19.7 Å². The molecule has 0 bridgehead atoms. The Morgan fingerprint density at radius 3 is 2.61 bits per heavy atom. The molecule has 1 aromatic heterocycles. The van der Waals surface area contributed by atoms with E-state index in [-0.39, 0.29) is 0 Å². The van der Waals surface area contributed by atoms with Gasteiger partial charge in [-0.2, -0.15) is 0 Å². The molecule has 1 aromatic rings. The Balaban J connectivity index is 1.44. The number of hydrogen-bond donors (Lipinski definition) is 0. The summed E-state index contributed by atoms with van der Waals surface area (Å²) >= 11 is 0. The molecule has 18 heavy (non-hydrogen) atoms. The third-order valence-corrected chi connectivity index (χ3v) is 4.79. The van der Waals surface area contributed by atoms with Crippen molar-refractivity contribution in [2.45, 2.75) is 57.5 Å². The van der Waals surface area contributed by atoms with Crippen molar-refractivity contribution < 1.29 is 0 Å². The van der Waals surface area contributed by atoms with Crippen molar-refractivity contribution >= 4 is 0 Å². The van der Waals surface area contributed by atoms with E-state index in [1.54, 1.807) is 0 Å². The molecule has 2 heterocycles. The van der Waals surface area contributed by atoms with Gasteiger partial charge in [0.05, 0.1) is 6.54 Å². The van der Waals surface area contributed by atoms with Crippen LogP contribution in [0.3, 0.4) is 0 Å². The fourth-order valence-corrected chi connectivity index (χ4v) is 3.59. The van der Waals surface area contributed by atoms with Gasteiger partial charge in [0.15, 0.2) is 0 Å². The number of rotatable bonds is 3. The molecule has 0 N–H and O–H groups in total. The summed E-state index contributed by atoms with van der Waals surface area (Å²) in [5, 5.41) is 8.83. The SMILES string of the molecule is C1CCC(CN2CCn3c(nnc3C3CC3)C2)C1. The maximum absolute atomic E-state index is 4.41. The Labute approximate surface area is 108 Å². The maximum atomic E-state index is 4.41. The van der Waals surface area contributed by atoms with E-state index in [0.29, 0.717) is 0 Å². The van der Waals surface area contributed by atoms with Crippen LogP contribution in [0, 0.1) is 5.92 Å². The van der Waals surface area contributed by atoms with Crippen molar-refractivity contribution in [1.29, 1.82) is 0 Å². The van der Waals surface area contributed by atoms with E-state index in [4.69, 9.17) is 0 Å². The van der Waals surface area contributed by atoms with Crippen LogP contribution in [-0.2, 0) is 13.1 Å². The quantitative estimate of drug-likeness (QED) is 0.819. The number of fused-ring (bicyclic) bond motifs is 1. The van der Waals surface area contributed by atoms with Crippen molar-refractivity contribution in [3.63, 3.8) is 0 Å². The van der Waals surface area contributed by atoms with Gasteiger partial charge in [-0.15, -0.1) is 10.2 Å². The van der Waals surface area contributed by atoms with Crippen LogP contribution in [0.25, 0.3) is 0 Å². The van der Waals surface area contributed by atoms with Gasteiger partial charge in [-0.3, -0.25) is 4.90 Å². The zero-order chi connectivity index (χ0) is 11.9. The molecule has 0 radical (unpaired) electrons. The number of nitrogens with zero attached hydrogens (tertiary/aromatic N) is 4. The molecule has 2 fully saturated rings. The average molecular weight is 246 g/mol. The molecule has 3 aliphatic rings. The Morgan fingerprint density at radius 1 is 1.00 bits per heavy atom. The second-order valence-corrected chi connectivity index (χ2v) is 6.29. The van der Waals surface area contributed by atoms with E-state index in [1.165, 1.54) is 63.3 Å². The van der Waals surface area contributed by atoms with E-state index in [1.807, 2.05) is 0 Å². The Bertz CT molecular complexity index is 429. The lowest BCUT2D eigenvalue weighted by atomic mass is 10.1. The third kappa shape index (κ3) is 1.96. The van der Waals surface area contributed by atoms with E-state index in [9.17, 15) is 0 Å². The first kappa shape index (κ1) is 11.0. The highest BCUT2D eigenvalue weighted by Crippen LogP contribution is 2.39. The van der Waals surface area contributed by atoms with Crippen LogP contribution < -0.4 is 0 Å². The molecule has 4 heteroatoms. The third-order valence-electron chi connectivity index (χ3n) is 4.79. The summed E-state index contributed by atoms with van der Waals surface area (Å²) in [6, 6.07) is 0. The summed E-state index contributed by atoms with van der Waals surface area (Å²) in [7, 11) is 0. The van der Waals surface area contributed by atoms with Gasteiger partial charge in [-0.1, -0.05) is 12.8 Å². The van der Waals surface area contributed by atoms with E-state index < -0.39 is 0 Å². The second-order valence-electron chi connectivity index (χ2n) is 6.29. The summed E-state index contributed by atoms with van der Waals surface area (Å²) in [6.07, 6.45) is 8.42. The molecule has 2 saturated carbocycles. The molecule has 0 spiro atoms. The van der Waals surface area contributed by atoms with Crippen LogP contribution in [0.2, 0.25) is 0 Å². The molecule has 0 aromatic carbocycles. The van der Waals surface area contributed by atoms with E-state index in [2.05, 4.69) is 19.7 Å². The lowest BCUT2D eigenvalue weighted by Gasteiger charge is -2.29. The van der Waals surface area contributed by atoms with Gasteiger partial charge in [0.25, 0.3) is 0 Å². The van der Waals surface area contributed by atoms with E-state index in [0.717, 1.165) is 24.9 Å². The molecule has 4 nitrogen and oxygen atoms in total. The molecule has 0 amide bonds. The van der Waals surface area contributed by atoms with Gasteiger partial charge in [-0.25, -0.2) is 0 Å². The summed E-state index contributed by atoms with van der Waals surface area (Å²) in [6.45, 7) is 4.62. The molecule has 0 atom stereocenters. The largest absolute Gasteiger partial charge is 0.312 e. The Morgan fingerprint density at radius 2 is 1.83 bits per heavy atom. The Hall–Kier alpha value is -0.900. The minimum Gasteiger partial charge on any atom is -0.312 e. The lowest BCUT2D eigenvalue weighted by molar-refractivity contribution is 0.184. The number of aromatic nitrogens is 3. The van der Waals surface area contributed by atoms with Crippen LogP contribution in [0.1, 0.15) is 56.1 Å². The van der Waals surface area contributed by atoms with E-state index >= 15 is 0 Å². The van der Waals surface area contributed by atoms with Crippen molar-refractivity contribution in [2.24, 2.45) is 5.92 Å². The average Bonchev–Trinajstić information content (AvgIpc) is 2.94. The van der Waals surface area contributed by atoms with Crippen LogP contribution in [-0.4, -0.2) is 32.8 Å². The first-order valence-electron chi connectivity index (χ1n) is 7.54. The van der Waals surface area contributed by atoms with Gasteiger partial charge in [0, 0.05) is 25.6 Å². The monoisotopic (exact) mass is 246 g/mol. The molecular weight excluding hydrogens is 224 g/mol. The zero-order valence-electron chi connectivity index (χ0n) is 11.0. The predicted molar refractivity (Wildman–Crippen MR) is 69.2 cm³/mol. The fourth-order valence-electron chi connectivity index (χ4n) is 3.59. The maximum Gasteiger partial charge on any atom is 0.147 e. The molecule has 1 aliphatic heterocycles. The second kappa shape index (κ2) is 4.34. The van der Waals surface area contributed by atoms with Crippen molar-refractivity contribution in [3.05, 3.63) is 11.6 Å². The summed E-state index contributed by atoms with van der Waals surface area (Å²) in [5.41, 5.74) is 0. The summed E-state index contributed by atoms with van der Waals surface area (Å²) < 4.78 is 2.39.